The molecule has 2 nitrogen and oxygen atoms in total. The molecule has 1 aliphatic rings. The first kappa shape index (κ1) is 13.3. The quantitative estimate of drug-likeness (QED) is 0.866. The summed E-state index contributed by atoms with van der Waals surface area (Å²) in [6.45, 7) is 4.22. The van der Waals surface area contributed by atoms with Crippen LogP contribution in [0.15, 0.2) is 12.1 Å². The molecule has 0 spiro atoms. The Bertz CT molecular complexity index is 449. The van der Waals surface area contributed by atoms with Crippen molar-refractivity contribution >= 4 is 5.78 Å². The fraction of sp³-hybridized carbons (Fsp3) is 0.562. The second-order valence-electron chi connectivity index (χ2n) is 5.43. The number of Topliss-reactive ketones (excluding diaryl/α,β-unsaturated/α-hetero) is 1. The van der Waals surface area contributed by atoms with Gasteiger partial charge < -0.3 is 5.73 Å². The minimum absolute atomic E-state index is 0.270. The predicted octanol–water partition coefficient (Wildman–Crippen LogP) is 3.05. The third-order valence-electron chi connectivity index (χ3n) is 3.81. The van der Waals surface area contributed by atoms with Gasteiger partial charge in [0.1, 0.15) is 0 Å². The molecule has 0 radical (unpaired) electrons. The first-order valence-corrected chi connectivity index (χ1v) is 7.05. The molecule has 2 rings (SSSR count). The van der Waals surface area contributed by atoms with Gasteiger partial charge in [0, 0.05) is 18.0 Å². The van der Waals surface area contributed by atoms with Gasteiger partial charge in [0.25, 0.3) is 0 Å². The molecule has 0 saturated carbocycles. The van der Waals surface area contributed by atoms with E-state index in [1.165, 1.54) is 16.7 Å². The van der Waals surface area contributed by atoms with Crippen LogP contribution in [-0.2, 0) is 19.3 Å². The van der Waals surface area contributed by atoms with Gasteiger partial charge >= 0.3 is 0 Å². The summed E-state index contributed by atoms with van der Waals surface area (Å²) in [7, 11) is 0. The summed E-state index contributed by atoms with van der Waals surface area (Å²) < 4.78 is 0. The van der Waals surface area contributed by atoms with Gasteiger partial charge in [-0.25, -0.2) is 0 Å². The van der Waals surface area contributed by atoms with Crippen LogP contribution in [0.1, 0.15) is 60.2 Å². The van der Waals surface area contributed by atoms with Crippen LogP contribution in [0.5, 0.6) is 0 Å². The Morgan fingerprint density at radius 1 is 1.33 bits per heavy atom. The highest BCUT2D eigenvalue weighted by atomic mass is 16.1. The smallest absolute Gasteiger partial charge is 0.163 e. The van der Waals surface area contributed by atoms with Gasteiger partial charge in [-0.1, -0.05) is 13.0 Å². The number of benzene rings is 1. The van der Waals surface area contributed by atoms with Gasteiger partial charge in [-0.15, -0.1) is 0 Å². The first-order chi connectivity index (χ1) is 8.61. The minimum atomic E-state index is 0.270. The lowest BCUT2D eigenvalue weighted by molar-refractivity contribution is 0.0994. The molecule has 0 saturated heterocycles. The van der Waals surface area contributed by atoms with Crippen molar-refractivity contribution in [2.75, 3.05) is 0 Å². The summed E-state index contributed by atoms with van der Waals surface area (Å²) in [6, 6.07) is 4.68. The number of hydrogen-bond acceptors (Lipinski definition) is 2. The largest absolute Gasteiger partial charge is 0.328 e. The van der Waals surface area contributed by atoms with Crippen molar-refractivity contribution in [3.63, 3.8) is 0 Å². The Morgan fingerprint density at radius 3 is 2.78 bits per heavy atom. The molecule has 0 fully saturated rings. The Kier molecular flexibility index (Phi) is 4.18. The summed E-state index contributed by atoms with van der Waals surface area (Å²) in [5, 5.41) is 0. The fourth-order valence-electron chi connectivity index (χ4n) is 2.80. The van der Waals surface area contributed by atoms with E-state index in [2.05, 4.69) is 19.1 Å². The van der Waals surface area contributed by atoms with Gasteiger partial charge in [0.05, 0.1) is 0 Å². The van der Waals surface area contributed by atoms with Crippen LogP contribution in [0.4, 0.5) is 0 Å². The van der Waals surface area contributed by atoms with Crippen LogP contribution in [0.2, 0.25) is 0 Å². The lowest BCUT2D eigenvalue weighted by Gasteiger charge is -2.10. The van der Waals surface area contributed by atoms with Crippen molar-refractivity contribution in [2.24, 2.45) is 5.73 Å². The van der Waals surface area contributed by atoms with E-state index in [9.17, 15) is 4.79 Å². The van der Waals surface area contributed by atoms with Crippen LogP contribution in [0.25, 0.3) is 0 Å². The number of rotatable bonds is 5. The molecule has 1 atom stereocenters. The summed E-state index contributed by atoms with van der Waals surface area (Å²) in [5.74, 6) is 0.328. The molecule has 0 bridgehead atoms. The highest BCUT2D eigenvalue weighted by Crippen LogP contribution is 2.28. The molecule has 0 unspecified atom stereocenters. The van der Waals surface area contributed by atoms with Crippen molar-refractivity contribution in [1.29, 1.82) is 0 Å². The first-order valence-electron chi connectivity index (χ1n) is 7.05. The van der Waals surface area contributed by atoms with Crippen molar-refractivity contribution in [3.8, 4) is 0 Å². The Hall–Kier alpha value is -1.15. The zero-order chi connectivity index (χ0) is 13.1. The summed E-state index contributed by atoms with van der Waals surface area (Å²) >= 11 is 0. The van der Waals surface area contributed by atoms with Gasteiger partial charge in [0.15, 0.2) is 5.78 Å². The molecular weight excluding hydrogens is 222 g/mol. The van der Waals surface area contributed by atoms with Crippen LogP contribution < -0.4 is 5.73 Å². The summed E-state index contributed by atoms with van der Waals surface area (Å²) in [4.78, 5) is 11.8. The maximum absolute atomic E-state index is 11.8. The third kappa shape index (κ3) is 2.81. The molecule has 98 valence electrons. The highest BCUT2D eigenvalue weighted by Gasteiger charge is 2.22. The van der Waals surface area contributed by atoms with Crippen molar-refractivity contribution in [1.82, 2.24) is 0 Å². The molecule has 2 heteroatoms. The van der Waals surface area contributed by atoms with Crippen LogP contribution in [0, 0.1) is 0 Å². The zero-order valence-corrected chi connectivity index (χ0v) is 11.5. The molecule has 0 amide bonds. The Labute approximate surface area is 110 Å². The monoisotopic (exact) mass is 245 g/mol. The number of carbonyl (C=O) groups is 1. The number of carbonyl (C=O) groups excluding carboxylic acids is 1. The van der Waals surface area contributed by atoms with Gasteiger partial charge in [-0.05, 0) is 61.8 Å². The lowest BCUT2D eigenvalue weighted by Crippen LogP contribution is -2.14. The molecule has 2 N–H and O–H groups in total. The van der Waals surface area contributed by atoms with E-state index in [0.29, 0.717) is 12.2 Å². The number of fused-ring (bicyclic) bond motifs is 1. The molecule has 1 aliphatic carbocycles. The van der Waals surface area contributed by atoms with Crippen molar-refractivity contribution < 1.29 is 4.79 Å². The average molecular weight is 245 g/mol. The van der Waals surface area contributed by atoms with Gasteiger partial charge in [-0.2, -0.15) is 0 Å². The number of aryl methyl sites for hydroxylation is 2. The predicted molar refractivity (Wildman–Crippen MR) is 75.1 cm³/mol. The van der Waals surface area contributed by atoms with E-state index in [0.717, 1.165) is 37.7 Å². The topological polar surface area (TPSA) is 43.1 Å². The number of hydrogen-bond donors (Lipinski definition) is 1. The standard InChI is InChI=1S/C16H23NO/c1-3-13-9-12(6-4-5-11(2)17)10-15-14(13)7-8-16(15)18/h9-11H,3-8,17H2,1-2H3/t11-/m0/s1. The third-order valence-corrected chi connectivity index (χ3v) is 3.81. The van der Waals surface area contributed by atoms with E-state index in [1.54, 1.807) is 0 Å². The molecule has 0 aliphatic heterocycles. The minimum Gasteiger partial charge on any atom is -0.328 e. The van der Waals surface area contributed by atoms with Crippen LogP contribution in [-0.4, -0.2) is 11.8 Å². The number of nitrogens with two attached hydrogens (primary N) is 1. The SMILES string of the molecule is CCc1cc(CCC[C@H](C)N)cc2c1CCC2=O. The van der Waals surface area contributed by atoms with E-state index < -0.39 is 0 Å². The lowest BCUT2D eigenvalue weighted by atomic mass is 9.95. The van der Waals surface area contributed by atoms with Crippen LogP contribution >= 0.6 is 0 Å². The van der Waals surface area contributed by atoms with E-state index in [4.69, 9.17) is 5.73 Å². The van der Waals surface area contributed by atoms with Gasteiger partial charge in [0.2, 0.25) is 0 Å². The second-order valence-corrected chi connectivity index (χ2v) is 5.43. The van der Waals surface area contributed by atoms with Crippen molar-refractivity contribution in [3.05, 3.63) is 34.4 Å². The zero-order valence-electron chi connectivity index (χ0n) is 11.5. The van der Waals surface area contributed by atoms with E-state index in [1.807, 2.05) is 6.92 Å². The average Bonchev–Trinajstić information content (AvgIpc) is 2.70. The molecule has 0 aromatic heterocycles. The molecule has 1 aromatic carbocycles. The molecule has 0 heterocycles. The highest BCUT2D eigenvalue weighted by molar-refractivity contribution is 6.01. The molecule has 1 aromatic rings. The van der Waals surface area contributed by atoms with Gasteiger partial charge in [-0.3, -0.25) is 4.79 Å². The second kappa shape index (κ2) is 5.66. The van der Waals surface area contributed by atoms with Crippen molar-refractivity contribution in [2.45, 2.75) is 58.4 Å². The van der Waals surface area contributed by atoms with E-state index >= 15 is 0 Å². The fourth-order valence-corrected chi connectivity index (χ4v) is 2.80. The maximum Gasteiger partial charge on any atom is 0.163 e. The summed E-state index contributed by atoms with van der Waals surface area (Å²) in [6.07, 6.45) is 5.86. The van der Waals surface area contributed by atoms with E-state index in [-0.39, 0.29) is 6.04 Å². The normalized spacial score (nSPS) is 15.8. The Balaban J connectivity index is 2.17. The number of ketones is 1. The molecule has 18 heavy (non-hydrogen) atoms. The molecular formula is C16H23NO. The maximum atomic E-state index is 11.8. The summed E-state index contributed by atoms with van der Waals surface area (Å²) in [5.41, 5.74) is 10.7. The van der Waals surface area contributed by atoms with Crippen LogP contribution in [0.3, 0.4) is 0 Å². The Morgan fingerprint density at radius 2 is 2.11 bits per heavy atom.